The van der Waals surface area contributed by atoms with Gasteiger partial charge in [0.05, 0.1) is 11.1 Å². The van der Waals surface area contributed by atoms with Crippen molar-refractivity contribution in [2.45, 2.75) is 38.7 Å². The van der Waals surface area contributed by atoms with Crippen molar-refractivity contribution in [3.8, 4) is 5.75 Å². The van der Waals surface area contributed by atoms with Gasteiger partial charge < -0.3 is 4.74 Å². The van der Waals surface area contributed by atoms with Crippen molar-refractivity contribution in [1.82, 2.24) is 0 Å². The van der Waals surface area contributed by atoms with Gasteiger partial charge in [-0.15, -0.1) is 0 Å². The molecule has 29 heavy (non-hydrogen) atoms. The summed E-state index contributed by atoms with van der Waals surface area (Å²) in [7, 11) is -0.903. The average Bonchev–Trinajstić information content (AvgIpc) is 2.53. The number of benzene rings is 2. The van der Waals surface area contributed by atoms with Gasteiger partial charge in [0.15, 0.2) is 5.52 Å². The van der Waals surface area contributed by atoms with Crippen molar-refractivity contribution >= 4 is 38.3 Å². The van der Waals surface area contributed by atoms with E-state index in [9.17, 15) is 31.1 Å². The molecule has 0 saturated carbocycles. The Morgan fingerprint density at radius 3 is 1.66 bits per heavy atom. The van der Waals surface area contributed by atoms with E-state index < -0.39 is 48.7 Å². The fourth-order valence-electron chi connectivity index (χ4n) is 2.42. The molecule has 1 radical (unpaired) electrons. The molecule has 0 N–H and O–H groups in total. The van der Waals surface area contributed by atoms with Crippen LogP contribution in [-0.2, 0) is 12.4 Å². The molecular formula is C19H17F6LiO2P. The minimum Gasteiger partial charge on any atom is -0.488 e. The monoisotopic (exact) mass is 429 g/mol. The third-order valence-corrected chi connectivity index (χ3v) is 4.54. The molecule has 0 spiro atoms. The summed E-state index contributed by atoms with van der Waals surface area (Å²) in [6, 6.07) is 7.52. The van der Waals surface area contributed by atoms with Gasteiger partial charge in [-0.3, -0.25) is 4.79 Å². The van der Waals surface area contributed by atoms with Crippen LogP contribution in [0.3, 0.4) is 0 Å². The van der Waals surface area contributed by atoms with Gasteiger partial charge in [0.2, 0.25) is 0 Å². The molecule has 10 heteroatoms. The minimum absolute atomic E-state index is 0. The van der Waals surface area contributed by atoms with Gasteiger partial charge in [0.1, 0.15) is 11.4 Å². The summed E-state index contributed by atoms with van der Waals surface area (Å²) in [5.41, 5.74) is -6.24. The molecule has 0 heterocycles. The SMILES string of the molecule is CC(C)(C)Oc1ccc(PC(=O)c2c(C(F)(F)F)cccc2C(F)(F)F)cc1.[Li]. The summed E-state index contributed by atoms with van der Waals surface area (Å²) in [4.78, 5) is 12.4. The first kappa shape index (κ1) is 25.6. The van der Waals surface area contributed by atoms with Gasteiger partial charge in [-0.05, 0) is 58.9 Å². The quantitative estimate of drug-likeness (QED) is 0.356. The van der Waals surface area contributed by atoms with Crippen LogP contribution in [0.1, 0.15) is 42.3 Å². The number of hydrogen-bond acceptors (Lipinski definition) is 2. The summed E-state index contributed by atoms with van der Waals surface area (Å²) >= 11 is 0. The third kappa shape index (κ3) is 7.06. The number of halogens is 6. The molecule has 0 amide bonds. The summed E-state index contributed by atoms with van der Waals surface area (Å²) in [6.07, 6.45) is -10.2. The number of rotatable bonds is 4. The molecule has 0 aromatic heterocycles. The van der Waals surface area contributed by atoms with Crippen LogP contribution < -0.4 is 10.0 Å². The Morgan fingerprint density at radius 2 is 1.28 bits per heavy atom. The van der Waals surface area contributed by atoms with Crippen molar-refractivity contribution in [3.05, 3.63) is 59.2 Å². The summed E-state index contributed by atoms with van der Waals surface area (Å²) < 4.78 is 84.8. The predicted octanol–water partition coefficient (Wildman–Crippen LogP) is 5.66. The molecule has 2 nitrogen and oxygen atoms in total. The first-order valence-corrected chi connectivity index (χ1v) is 9.06. The molecule has 0 bridgehead atoms. The standard InChI is InChI=1S/C19H17F6O2P.Li/c1-17(2,3)27-11-7-9-12(10-8-11)28-16(26)15-13(18(20,21)22)5-4-6-14(15)19(23,24)25;/h4-10,28H,1-3H3;. The third-order valence-electron chi connectivity index (χ3n) is 3.44. The molecule has 0 aliphatic carbocycles. The van der Waals surface area contributed by atoms with E-state index in [2.05, 4.69) is 0 Å². The number of ether oxygens (including phenoxy) is 1. The average molecular weight is 429 g/mol. The Morgan fingerprint density at radius 1 is 0.828 bits per heavy atom. The molecule has 0 aliphatic rings. The second kappa shape index (κ2) is 9.12. The van der Waals surface area contributed by atoms with Gasteiger partial charge in [-0.1, -0.05) is 18.2 Å². The van der Waals surface area contributed by atoms with Crippen molar-refractivity contribution in [3.63, 3.8) is 0 Å². The van der Waals surface area contributed by atoms with Gasteiger partial charge >= 0.3 is 12.4 Å². The Hall–Kier alpha value is -1.48. The maximum Gasteiger partial charge on any atom is 0.417 e. The smallest absolute Gasteiger partial charge is 0.417 e. The van der Waals surface area contributed by atoms with Gasteiger partial charge in [-0.2, -0.15) is 26.3 Å². The van der Waals surface area contributed by atoms with Gasteiger partial charge in [0, 0.05) is 24.4 Å². The Labute approximate surface area is 178 Å². The van der Waals surface area contributed by atoms with Crippen LogP contribution in [0.2, 0.25) is 0 Å². The zero-order valence-corrected chi connectivity index (χ0v) is 17.1. The Balaban J connectivity index is 0.00000420. The van der Waals surface area contributed by atoms with E-state index in [1.54, 1.807) is 0 Å². The molecule has 0 fully saturated rings. The summed E-state index contributed by atoms with van der Waals surface area (Å²) in [5, 5.41) is 0.302. The molecule has 2 aromatic carbocycles. The second-order valence-electron chi connectivity index (χ2n) is 6.92. The van der Waals surface area contributed by atoms with Crippen LogP contribution in [0.4, 0.5) is 26.3 Å². The summed E-state index contributed by atoms with van der Waals surface area (Å²) in [6.45, 7) is 5.46. The van der Waals surface area contributed by atoms with E-state index in [1.165, 1.54) is 24.3 Å². The predicted molar refractivity (Wildman–Crippen MR) is 101 cm³/mol. The van der Waals surface area contributed by atoms with E-state index in [0.717, 1.165) is 0 Å². The zero-order chi connectivity index (χ0) is 21.3. The minimum atomic E-state index is -5.08. The number of alkyl halides is 6. The molecule has 0 saturated heterocycles. The number of carbonyl (C=O) groups is 1. The Kier molecular flexibility index (Phi) is 8.03. The second-order valence-corrected chi connectivity index (χ2v) is 8.20. The molecular weight excluding hydrogens is 412 g/mol. The van der Waals surface area contributed by atoms with E-state index in [4.69, 9.17) is 4.74 Å². The number of hydrogen-bond donors (Lipinski definition) is 0. The van der Waals surface area contributed by atoms with Crippen LogP contribution in [0.25, 0.3) is 0 Å². The molecule has 2 rings (SSSR count). The molecule has 0 aliphatic heterocycles. The van der Waals surface area contributed by atoms with E-state index in [1.807, 2.05) is 20.8 Å². The molecule has 153 valence electrons. The van der Waals surface area contributed by atoms with Gasteiger partial charge in [-0.25, -0.2) is 0 Å². The topological polar surface area (TPSA) is 26.3 Å². The maximum atomic E-state index is 13.2. The molecule has 2 aromatic rings. The normalized spacial score (nSPS) is 12.7. The van der Waals surface area contributed by atoms with Crippen LogP contribution >= 0.6 is 8.58 Å². The summed E-state index contributed by atoms with van der Waals surface area (Å²) in [5.74, 6) is 0.472. The van der Waals surface area contributed by atoms with Gasteiger partial charge in [0.25, 0.3) is 0 Å². The van der Waals surface area contributed by atoms with E-state index >= 15 is 0 Å². The van der Waals surface area contributed by atoms with Crippen molar-refractivity contribution < 1.29 is 35.9 Å². The van der Waals surface area contributed by atoms with Crippen LogP contribution in [0, 0.1) is 0 Å². The number of carbonyl (C=O) groups excluding carboxylic acids is 1. The van der Waals surface area contributed by atoms with E-state index in [0.29, 0.717) is 29.3 Å². The van der Waals surface area contributed by atoms with Crippen molar-refractivity contribution in [1.29, 1.82) is 0 Å². The van der Waals surface area contributed by atoms with Crippen molar-refractivity contribution in [2.24, 2.45) is 0 Å². The van der Waals surface area contributed by atoms with Crippen LogP contribution in [0.5, 0.6) is 5.75 Å². The maximum absolute atomic E-state index is 13.2. The van der Waals surface area contributed by atoms with E-state index in [-0.39, 0.29) is 18.9 Å². The molecule has 1 atom stereocenters. The largest absolute Gasteiger partial charge is 0.488 e. The first-order chi connectivity index (χ1) is 12.7. The van der Waals surface area contributed by atoms with Crippen LogP contribution in [0.15, 0.2) is 42.5 Å². The molecule has 1 unspecified atom stereocenters. The Bertz CT molecular complexity index is 823. The fraction of sp³-hybridized carbons (Fsp3) is 0.316. The zero-order valence-electron chi connectivity index (χ0n) is 16.1. The first-order valence-electron chi connectivity index (χ1n) is 8.06. The van der Waals surface area contributed by atoms with Crippen LogP contribution in [-0.4, -0.2) is 30.0 Å². The fourth-order valence-corrected chi connectivity index (χ4v) is 3.41. The van der Waals surface area contributed by atoms with Crippen molar-refractivity contribution in [2.75, 3.05) is 0 Å².